The van der Waals surface area contributed by atoms with Crippen molar-refractivity contribution in [3.8, 4) is 0 Å². The Morgan fingerprint density at radius 1 is 0.862 bits per heavy atom. The van der Waals surface area contributed by atoms with E-state index in [0.29, 0.717) is 17.8 Å². The number of rotatable bonds is 6. The van der Waals surface area contributed by atoms with E-state index < -0.39 is 11.7 Å². The molecular weight excluding hydrogens is 370 g/mol. The number of alkyl carbamates (subject to hydrolysis) is 1. The van der Waals surface area contributed by atoms with Crippen molar-refractivity contribution in [2.75, 3.05) is 17.2 Å². The summed E-state index contributed by atoms with van der Waals surface area (Å²) in [5, 5.41) is 7.89. The lowest BCUT2D eigenvalue weighted by molar-refractivity contribution is -0.116. The normalized spacial score (nSPS) is 10.8. The molecule has 0 aromatic heterocycles. The molecule has 0 unspecified atom stereocenters. The van der Waals surface area contributed by atoms with Gasteiger partial charge in [0.2, 0.25) is 11.8 Å². The number of carbonyl (C=O) groups excluding carboxylic acids is 3. The van der Waals surface area contributed by atoms with Gasteiger partial charge in [-0.3, -0.25) is 9.59 Å². The molecule has 2 aromatic rings. The molecule has 0 atom stereocenters. The second kappa shape index (κ2) is 9.73. The fourth-order valence-corrected chi connectivity index (χ4v) is 2.50. The molecule has 3 amide bonds. The van der Waals surface area contributed by atoms with Crippen LogP contribution in [0.4, 0.5) is 16.2 Å². The van der Waals surface area contributed by atoms with Crippen LogP contribution in [0.5, 0.6) is 0 Å². The van der Waals surface area contributed by atoms with E-state index in [-0.39, 0.29) is 18.4 Å². The van der Waals surface area contributed by atoms with Gasteiger partial charge in [-0.2, -0.15) is 0 Å². The molecule has 0 radical (unpaired) electrons. The van der Waals surface area contributed by atoms with E-state index in [1.54, 1.807) is 45.0 Å². The van der Waals surface area contributed by atoms with Gasteiger partial charge in [0.15, 0.2) is 0 Å². The Hall–Kier alpha value is -3.35. The van der Waals surface area contributed by atoms with Gasteiger partial charge in [0.25, 0.3) is 0 Å². The minimum Gasteiger partial charge on any atom is -0.444 e. The number of aryl methyl sites for hydroxylation is 1. The maximum absolute atomic E-state index is 12.2. The number of amides is 3. The number of hydrogen-bond acceptors (Lipinski definition) is 4. The molecule has 0 aliphatic carbocycles. The summed E-state index contributed by atoms with van der Waals surface area (Å²) in [6.07, 6.45) is -0.360. The maximum atomic E-state index is 12.2. The zero-order valence-corrected chi connectivity index (χ0v) is 17.2. The molecule has 7 heteroatoms. The fraction of sp³-hybridized carbons (Fsp3) is 0.318. The second-order valence-corrected chi connectivity index (χ2v) is 7.63. The van der Waals surface area contributed by atoms with Crippen LogP contribution in [0.3, 0.4) is 0 Å². The molecule has 2 aromatic carbocycles. The lowest BCUT2D eigenvalue weighted by Crippen LogP contribution is -2.37. The highest BCUT2D eigenvalue weighted by Crippen LogP contribution is 2.15. The monoisotopic (exact) mass is 397 g/mol. The average molecular weight is 397 g/mol. The van der Waals surface area contributed by atoms with Gasteiger partial charge in [-0.1, -0.05) is 24.3 Å². The fourth-order valence-electron chi connectivity index (χ4n) is 2.50. The van der Waals surface area contributed by atoms with Crippen LogP contribution < -0.4 is 16.0 Å². The number of nitrogens with one attached hydrogen (secondary N) is 3. The first kappa shape index (κ1) is 21.9. The molecule has 0 aliphatic rings. The van der Waals surface area contributed by atoms with Gasteiger partial charge in [0.05, 0.1) is 6.42 Å². The summed E-state index contributed by atoms with van der Waals surface area (Å²) < 4.78 is 5.07. The van der Waals surface area contributed by atoms with Crippen molar-refractivity contribution >= 4 is 29.3 Å². The first-order chi connectivity index (χ1) is 13.6. The van der Waals surface area contributed by atoms with Crippen LogP contribution in [-0.4, -0.2) is 30.1 Å². The van der Waals surface area contributed by atoms with Crippen LogP contribution in [0.15, 0.2) is 48.5 Å². The third-order valence-corrected chi connectivity index (χ3v) is 3.86. The Kier molecular flexibility index (Phi) is 7.36. The first-order valence-corrected chi connectivity index (χ1v) is 9.33. The number of hydrogen-bond donors (Lipinski definition) is 3. The molecule has 2 rings (SSSR count). The Labute approximate surface area is 170 Å². The summed E-state index contributed by atoms with van der Waals surface area (Å²) in [5.41, 5.74) is 2.61. The van der Waals surface area contributed by atoms with Crippen LogP contribution in [0.1, 0.15) is 31.9 Å². The third-order valence-electron chi connectivity index (χ3n) is 3.86. The van der Waals surface area contributed by atoms with Crippen LogP contribution in [0.2, 0.25) is 0 Å². The minimum atomic E-state index is -0.653. The Bertz CT molecular complexity index is 870. The summed E-state index contributed by atoms with van der Waals surface area (Å²) in [7, 11) is 0. The molecule has 0 aliphatic heterocycles. The quantitative estimate of drug-likeness (QED) is 0.693. The summed E-state index contributed by atoms with van der Waals surface area (Å²) in [6, 6.07) is 14.5. The molecule has 7 nitrogen and oxygen atoms in total. The zero-order chi connectivity index (χ0) is 21.4. The van der Waals surface area contributed by atoms with Crippen molar-refractivity contribution in [2.45, 2.75) is 39.7 Å². The van der Waals surface area contributed by atoms with Gasteiger partial charge in [-0.15, -0.1) is 0 Å². The van der Waals surface area contributed by atoms with Crippen molar-refractivity contribution in [3.05, 3.63) is 59.7 Å². The SMILES string of the molecule is Cc1ccccc1CC(=O)Nc1ccc(NC(=O)CNC(=O)OC(C)(C)C)cc1. The van der Waals surface area contributed by atoms with Crippen molar-refractivity contribution < 1.29 is 19.1 Å². The molecule has 0 heterocycles. The predicted octanol–water partition coefficient (Wildman–Crippen LogP) is 3.64. The molecule has 29 heavy (non-hydrogen) atoms. The Morgan fingerprint density at radius 2 is 1.41 bits per heavy atom. The Morgan fingerprint density at radius 3 is 1.97 bits per heavy atom. The highest BCUT2D eigenvalue weighted by atomic mass is 16.6. The highest BCUT2D eigenvalue weighted by molar-refractivity contribution is 5.95. The largest absolute Gasteiger partial charge is 0.444 e. The van der Waals surface area contributed by atoms with E-state index >= 15 is 0 Å². The molecular formula is C22H27N3O4. The smallest absolute Gasteiger partial charge is 0.408 e. The summed E-state index contributed by atoms with van der Waals surface area (Å²) in [4.78, 5) is 35.7. The van der Waals surface area contributed by atoms with E-state index in [0.717, 1.165) is 11.1 Å². The summed E-state index contributed by atoms with van der Waals surface area (Å²) in [5.74, 6) is -0.496. The van der Waals surface area contributed by atoms with E-state index in [4.69, 9.17) is 4.74 Å². The summed E-state index contributed by atoms with van der Waals surface area (Å²) in [6.45, 7) is 7.00. The van der Waals surface area contributed by atoms with E-state index in [1.165, 1.54) is 0 Å². The topological polar surface area (TPSA) is 96.5 Å². The van der Waals surface area contributed by atoms with Gasteiger partial charge < -0.3 is 20.7 Å². The number of carbonyl (C=O) groups is 3. The van der Waals surface area contributed by atoms with E-state index in [1.807, 2.05) is 31.2 Å². The zero-order valence-electron chi connectivity index (χ0n) is 17.2. The molecule has 0 saturated heterocycles. The lowest BCUT2D eigenvalue weighted by Gasteiger charge is -2.19. The summed E-state index contributed by atoms with van der Waals surface area (Å²) >= 11 is 0. The standard InChI is InChI=1S/C22H27N3O4/c1-15-7-5-6-8-16(15)13-19(26)24-17-9-11-18(12-10-17)25-20(27)14-23-21(28)29-22(2,3)4/h5-12H,13-14H2,1-4H3,(H,23,28)(H,24,26)(H,25,27). The highest BCUT2D eigenvalue weighted by Gasteiger charge is 2.16. The van der Waals surface area contributed by atoms with Gasteiger partial charge in [0.1, 0.15) is 12.1 Å². The van der Waals surface area contributed by atoms with Crippen molar-refractivity contribution in [3.63, 3.8) is 0 Å². The van der Waals surface area contributed by atoms with Crippen molar-refractivity contribution in [1.29, 1.82) is 0 Å². The number of anilines is 2. The number of benzene rings is 2. The van der Waals surface area contributed by atoms with Gasteiger partial charge in [-0.05, 0) is 63.1 Å². The van der Waals surface area contributed by atoms with E-state index in [9.17, 15) is 14.4 Å². The molecule has 154 valence electrons. The van der Waals surface area contributed by atoms with Crippen LogP contribution in [0.25, 0.3) is 0 Å². The third kappa shape index (κ3) is 8.04. The maximum Gasteiger partial charge on any atom is 0.408 e. The van der Waals surface area contributed by atoms with E-state index in [2.05, 4.69) is 16.0 Å². The van der Waals surface area contributed by atoms with Crippen LogP contribution >= 0.6 is 0 Å². The van der Waals surface area contributed by atoms with Crippen molar-refractivity contribution in [2.24, 2.45) is 0 Å². The second-order valence-electron chi connectivity index (χ2n) is 7.63. The number of ether oxygens (including phenoxy) is 1. The molecule has 0 bridgehead atoms. The van der Waals surface area contributed by atoms with Gasteiger partial charge in [0, 0.05) is 11.4 Å². The molecule has 0 fully saturated rings. The molecule has 0 saturated carbocycles. The predicted molar refractivity (Wildman–Crippen MR) is 113 cm³/mol. The van der Waals surface area contributed by atoms with Gasteiger partial charge >= 0.3 is 6.09 Å². The molecule has 0 spiro atoms. The van der Waals surface area contributed by atoms with Crippen LogP contribution in [-0.2, 0) is 20.7 Å². The van der Waals surface area contributed by atoms with Crippen LogP contribution in [0, 0.1) is 6.92 Å². The van der Waals surface area contributed by atoms with Gasteiger partial charge in [-0.25, -0.2) is 4.79 Å². The lowest BCUT2D eigenvalue weighted by atomic mass is 10.1. The minimum absolute atomic E-state index is 0.113. The average Bonchev–Trinajstić information content (AvgIpc) is 2.62. The first-order valence-electron chi connectivity index (χ1n) is 9.33. The molecule has 3 N–H and O–H groups in total. The van der Waals surface area contributed by atoms with Crippen molar-refractivity contribution in [1.82, 2.24) is 5.32 Å². The Balaban J connectivity index is 1.80.